The van der Waals surface area contributed by atoms with Crippen LogP contribution in [0.1, 0.15) is 18.9 Å². The van der Waals surface area contributed by atoms with Crippen molar-refractivity contribution in [2.45, 2.75) is 44.0 Å². The van der Waals surface area contributed by atoms with E-state index in [0.29, 0.717) is 5.56 Å². The van der Waals surface area contributed by atoms with Crippen LogP contribution in [0.2, 0.25) is 0 Å². The summed E-state index contributed by atoms with van der Waals surface area (Å²) in [4.78, 5) is 47.0. The molecule has 1 aromatic rings. The van der Waals surface area contributed by atoms with Gasteiger partial charge in [0.1, 0.15) is 17.8 Å². The highest BCUT2D eigenvalue weighted by atomic mass is 16.3. The molecule has 0 aliphatic rings. The molecule has 1 aromatic carbocycles. The first-order valence-corrected chi connectivity index (χ1v) is 8.41. The number of hydrogen-bond acceptors (Lipinski definition) is 7. The van der Waals surface area contributed by atoms with E-state index in [1.165, 1.54) is 19.1 Å². The van der Waals surface area contributed by atoms with Crippen molar-refractivity contribution in [3.63, 3.8) is 0 Å². The fraction of sp³-hybridized carbons (Fsp3) is 0.412. The minimum absolute atomic E-state index is 0.0308. The third-order valence-corrected chi connectivity index (χ3v) is 3.86. The van der Waals surface area contributed by atoms with Crippen molar-refractivity contribution in [3.05, 3.63) is 29.8 Å². The summed E-state index contributed by atoms with van der Waals surface area (Å²) < 4.78 is 0. The summed E-state index contributed by atoms with van der Waals surface area (Å²) in [6, 6.07) is 2.06. The minimum atomic E-state index is -1.44. The molecule has 28 heavy (non-hydrogen) atoms. The predicted molar refractivity (Wildman–Crippen MR) is 98.3 cm³/mol. The fourth-order valence-electron chi connectivity index (χ4n) is 2.33. The number of primary amides is 2. The molecule has 11 nitrogen and oxygen atoms in total. The Morgan fingerprint density at radius 2 is 1.61 bits per heavy atom. The lowest BCUT2D eigenvalue weighted by Crippen LogP contribution is -2.59. The van der Waals surface area contributed by atoms with Gasteiger partial charge in [0.05, 0.1) is 18.6 Å². The van der Waals surface area contributed by atoms with E-state index in [2.05, 4.69) is 10.6 Å². The molecule has 0 aliphatic carbocycles. The molecule has 154 valence electrons. The maximum Gasteiger partial charge on any atom is 0.245 e. The van der Waals surface area contributed by atoms with Crippen molar-refractivity contribution in [2.24, 2.45) is 17.2 Å². The highest BCUT2D eigenvalue weighted by molar-refractivity contribution is 5.94. The SMILES string of the molecule is C[C@@H](O)[C@H](NC(=O)[C@@H](N)CC(N)=O)C(=O)N[C@@H](Cc1ccc(O)cc1)C(N)=O. The van der Waals surface area contributed by atoms with Gasteiger partial charge in [0.15, 0.2) is 0 Å². The predicted octanol–water partition coefficient (Wildman–Crippen LogP) is -3.03. The normalized spacial score (nSPS) is 15.0. The maximum atomic E-state index is 12.5. The van der Waals surface area contributed by atoms with E-state index < -0.39 is 54.3 Å². The van der Waals surface area contributed by atoms with Crippen molar-refractivity contribution in [1.29, 1.82) is 0 Å². The Hall–Kier alpha value is -3.18. The molecule has 10 N–H and O–H groups in total. The van der Waals surface area contributed by atoms with E-state index in [9.17, 15) is 29.4 Å². The molecule has 4 atom stereocenters. The first-order valence-electron chi connectivity index (χ1n) is 8.41. The molecule has 0 aliphatic heterocycles. The number of rotatable bonds is 10. The molecule has 0 radical (unpaired) electrons. The number of amides is 4. The van der Waals surface area contributed by atoms with Crippen molar-refractivity contribution in [1.82, 2.24) is 10.6 Å². The Bertz CT molecular complexity index is 721. The van der Waals surface area contributed by atoms with Crippen LogP contribution in [0.5, 0.6) is 5.75 Å². The van der Waals surface area contributed by atoms with Crippen LogP contribution in [-0.4, -0.2) is 58.1 Å². The Morgan fingerprint density at radius 1 is 1.04 bits per heavy atom. The summed E-state index contributed by atoms with van der Waals surface area (Å²) in [6.07, 6.45) is -1.74. The van der Waals surface area contributed by atoms with Crippen LogP contribution >= 0.6 is 0 Å². The van der Waals surface area contributed by atoms with E-state index in [1.54, 1.807) is 12.1 Å². The van der Waals surface area contributed by atoms with Gasteiger partial charge in [0.2, 0.25) is 23.6 Å². The highest BCUT2D eigenvalue weighted by Crippen LogP contribution is 2.11. The number of nitrogens with two attached hydrogens (primary N) is 3. The molecule has 0 spiro atoms. The molecule has 11 heteroatoms. The summed E-state index contributed by atoms with van der Waals surface area (Å²) >= 11 is 0. The monoisotopic (exact) mass is 395 g/mol. The molecular weight excluding hydrogens is 370 g/mol. The molecule has 0 unspecified atom stereocenters. The number of aliphatic hydroxyl groups is 1. The number of aromatic hydroxyl groups is 1. The van der Waals surface area contributed by atoms with E-state index in [4.69, 9.17) is 17.2 Å². The number of benzene rings is 1. The Balaban J connectivity index is 2.83. The molecule has 1 rings (SSSR count). The van der Waals surface area contributed by atoms with E-state index >= 15 is 0 Å². The summed E-state index contributed by atoms with van der Waals surface area (Å²) in [7, 11) is 0. The van der Waals surface area contributed by atoms with Gasteiger partial charge < -0.3 is 38.0 Å². The molecule has 4 amide bonds. The summed E-state index contributed by atoms with van der Waals surface area (Å²) in [6.45, 7) is 1.25. The van der Waals surface area contributed by atoms with Crippen LogP contribution in [-0.2, 0) is 25.6 Å². The molecule has 0 saturated carbocycles. The molecule has 0 heterocycles. The van der Waals surface area contributed by atoms with Crippen LogP contribution in [0, 0.1) is 0 Å². The quantitative estimate of drug-likeness (QED) is 0.217. The van der Waals surface area contributed by atoms with Crippen molar-refractivity contribution >= 4 is 23.6 Å². The second kappa shape index (κ2) is 10.2. The lowest BCUT2D eigenvalue weighted by molar-refractivity contribution is -0.134. The number of carbonyl (C=O) groups is 4. The van der Waals surface area contributed by atoms with Gasteiger partial charge in [-0.3, -0.25) is 19.2 Å². The Morgan fingerprint density at radius 3 is 2.07 bits per heavy atom. The van der Waals surface area contributed by atoms with Crippen LogP contribution in [0.15, 0.2) is 24.3 Å². The van der Waals surface area contributed by atoms with Crippen molar-refractivity contribution in [2.75, 3.05) is 0 Å². The van der Waals surface area contributed by atoms with Gasteiger partial charge in [0.25, 0.3) is 0 Å². The number of nitrogens with one attached hydrogen (secondary N) is 2. The Labute approximate surface area is 161 Å². The topological polar surface area (TPSA) is 211 Å². The van der Waals surface area contributed by atoms with E-state index in [-0.39, 0.29) is 12.2 Å². The molecule has 0 fully saturated rings. The maximum absolute atomic E-state index is 12.5. The Kier molecular flexibility index (Phi) is 8.35. The zero-order chi connectivity index (χ0) is 21.4. The number of phenols is 1. The molecular formula is C17H25N5O6. The van der Waals surface area contributed by atoms with Crippen molar-refractivity contribution in [3.8, 4) is 5.75 Å². The first kappa shape index (κ1) is 22.9. The van der Waals surface area contributed by atoms with Crippen LogP contribution < -0.4 is 27.8 Å². The average molecular weight is 395 g/mol. The van der Waals surface area contributed by atoms with Gasteiger partial charge in [-0.25, -0.2) is 0 Å². The number of carbonyl (C=O) groups excluding carboxylic acids is 4. The summed E-state index contributed by atoms with van der Waals surface area (Å²) in [5.41, 5.74) is 16.4. The number of aliphatic hydroxyl groups excluding tert-OH is 1. The summed E-state index contributed by atoms with van der Waals surface area (Å²) in [5, 5.41) is 23.7. The highest BCUT2D eigenvalue weighted by Gasteiger charge is 2.30. The summed E-state index contributed by atoms with van der Waals surface area (Å²) in [5.74, 6) is -3.33. The minimum Gasteiger partial charge on any atom is -0.508 e. The van der Waals surface area contributed by atoms with Gasteiger partial charge >= 0.3 is 0 Å². The van der Waals surface area contributed by atoms with Gasteiger partial charge in [-0.1, -0.05) is 12.1 Å². The lowest BCUT2D eigenvalue weighted by Gasteiger charge is -2.24. The van der Waals surface area contributed by atoms with Gasteiger partial charge in [-0.2, -0.15) is 0 Å². The fourth-order valence-corrected chi connectivity index (χ4v) is 2.33. The van der Waals surface area contributed by atoms with Gasteiger partial charge in [-0.15, -0.1) is 0 Å². The third kappa shape index (κ3) is 7.21. The van der Waals surface area contributed by atoms with Gasteiger partial charge in [-0.05, 0) is 24.6 Å². The number of phenolic OH excluding ortho intramolecular Hbond substituents is 1. The molecule has 0 saturated heterocycles. The van der Waals surface area contributed by atoms with Crippen LogP contribution in [0.4, 0.5) is 0 Å². The largest absolute Gasteiger partial charge is 0.508 e. The zero-order valence-corrected chi connectivity index (χ0v) is 15.3. The zero-order valence-electron chi connectivity index (χ0n) is 15.3. The van der Waals surface area contributed by atoms with E-state index in [0.717, 1.165) is 0 Å². The molecule has 0 aromatic heterocycles. The van der Waals surface area contributed by atoms with Crippen LogP contribution in [0.3, 0.4) is 0 Å². The number of hydrogen-bond donors (Lipinski definition) is 7. The third-order valence-electron chi connectivity index (χ3n) is 3.86. The van der Waals surface area contributed by atoms with Crippen molar-refractivity contribution < 1.29 is 29.4 Å². The van der Waals surface area contributed by atoms with Gasteiger partial charge in [0, 0.05) is 6.42 Å². The molecule has 0 bridgehead atoms. The average Bonchev–Trinajstić information content (AvgIpc) is 2.59. The standard InChI is InChI=1S/C17H25N5O6/c1-8(23)14(22-16(27)11(18)7-13(19)25)17(28)21-12(15(20)26)6-9-2-4-10(24)5-3-9/h2-5,8,11-12,14,23-24H,6-7,18H2,1H3,(H2,19,25)(H2,20,26)(H,21,28)(H,22,27)/t8-,11+,12+,14+/m1/s1. The second-order valence-electron chi connectivity index (χ2n) is 6.34. The smallest absolute Gasteiger partial charge is 0.245 e. The van der Waals surface area contributed by atoms with Crippen LogP contribution in [0.25, 0.3) is 0 Å². The lowest BCUT2D eigenvalue weighted by atomic mass is 10.0. The first-order chi connectivity index (χ1) is 13.0. The second-order valence-corrected chi connectivity index (χ2v) is 6.34. The van der Waals surface area contributed by atoms with E-state index in [1.807, 2.05) is 0 Å².